The monoisotopic (exact) mass is 405 g/mol. The first-order valence-corrected chi connectivity index (χ1v) is 9.11. The third kappa shape index (κ3) is 3.35. The first-order valence-electron chi connectivity index (χ1n) is 9.11. The van der Waals surface area contributed by atoms with E-state index in [0.29, 0.717) is 16.8 Å². The molecule has 152 valence electrons. The standard InChI is InChI=1S/C20H18F3N3O3/c21-20(22,23)9-17(28)25-10-15-18(13-3-1-2-4-14(13)25)16(11-27)26(15)19(29)12-5-7-24-8-6-12/h1-8,15-16,18,27H,9-11H2/t15-,16-,18+/m0/s1. The van der Waals surface area contributed by atoms with E-state index in [2.05, 4.69) is 4.98 Å². The molecule has 0 spiro atoms. The molecule has 0 saturated carbocycles. The van der Waals surface area contributed by atoms with Crippen molar-refractivity contribution in [2.45, 2.75) is 30.6 Å². The Morgan fingerprint density at radius 1 is 1.14 bits per heavy atom. The number of amides is 2. The number of likely N-dealkylation sites (tertiary alicyclic amines) is 1. The van der Waals surface area contributed by atoms with Crippen molar-refractivity contribution in [1.29, 1.82) is 0 Å². The molecule has 1 saturated heterocycles. The Labute approximate surface area is 164 Å². The number of fused-ring (bicyclic) bond motifs is 3. The molecule has 0 bridgehead atoms. The van der Waals surface area contributed by atoms with Gasteiger partial charge in [-0.1, -0.05) is 18.2 Å². The topological polar surface area (TPSA) is 73.7 Å². The second-order valence-corrected chi connectivity index (χ2v) is 7.15. The van der Waals surface area contributed by atoms with Crippen LogP contribution in [0.15, 0.2) is 48.8 Å². The number of anilines is 1. The lowest BCUT2D eigenvalue weighted by Gasteiger charge is -2.58. The summed E-state index contributed by atoms with van der Waals surface area (Å²) in [7, 11) is 0. The van der Waals surface area contributed by atoms with Crippen LogP contribution < -0.4 is 4.90 Å². The van der Waals surface area contributed by atoms with Crippen LogP contribution in [-0.4, -0.2) is 58.2 Å². The highest BCUT2D eigenvalue weighted by Crippen LogP contribution is 2.48. The predicted octanol–water partition coefficient (Wildman–Crippen LogP) is 2.35. The fraction of sp³-hybridized carbons (Fsp3) is 0.350. The molecule has 2 aliphatic heterocycles. The molecule has 4 rings (SSSR count). The summed E-state index contributed by atoms with van der Waals surface area (Å²) < 4.78 is 38.5. The molecule has 1 fully saturated rings. The van der Waals surface area contributed by atoms with E-state index in [-0.39, 0.29) is 25.0 Å². The highest BCUT2D eigenvalue weighted by Gasteiger charge is 2.55. The van der Waals surface area contributed by atoms with Gasteiger partial charge in [-0.05, 0) is 23.8 Å². The summed E-state index contributed by atoms with van der Waals surface area (Å²) in [6.45, 7) is -0.341. The fourth-order valence-corrected chi connectivity index (χ4v) is 4.31. The molecular weight excluding hydrogens is 387 g/mol. The molecule has 29 heavy (non-hydrogen) atoms. The van der Waals surface area contributed by atoms with Gasteiger partial charge in [0, 0.05) is 36.1 Å². The zero-order valence-corrected chi connectivity index (χ0v) is 15.2. The van der Waals surface area contributed by atoms with Crippen LogP contribution in [-0.2, 0) is 4.79 Å². The minimum atomic E-state index is -4.62. The number of aromatic nitrogens is 1. The SMILES string of the molecule is O=C(CC(F)(F)F)N1C[C@H]2[C@@H](c3ccccc31)[C@H](CO)N2C(=O)c1ccncc1. The van der Waals surface area contributed by atoms with Gasteiger partial charge in [-0.3, -0.25) is 14.6 Å². The lowest BCUT2D eigenvalue weighted by Crippen LogP contribution is -2.70. The van der Waals surface area contributed by atoms with Crippen LogP contribution in [0.1, 0.15) is 28.3 Å². The third-order valence-electron chi connectivity index (χ3n) is 5.50. The number of benzene rings is 1. The van der Waals surface area contributed by atoms with Crippen LogP contribution in [0.4, 0.5) is 18.9 Å². The lowest BCUT2D eigenvalue weighted by molar-refractivity contribution is -0.152. The van der Waals surface area contributed by atoms with Gasteiger partial charge in [0.05, 0.1) is 18.7 Å². The van der Waals surface area contributed by atoms with E-state index in [4.69, 9.17) is 0 Å². The number of hydrogen-bond donors (Lipinski definition) is 1. The zero-order valence-electron chi connectivity index (χ0n) is 15.2. The molecule has 1 aromatic carbocycles. The first-order chi connectivity index (χ1) is 13.8. The number of carbonyl (C=O) groups is 2. The normalized spacial score (nSPS) is 23.1. The van der Waals surface area contributed by atoms with E-state index in [9.17, 15) is 27.9 Å². The van der Waals surface area contributed by atoms with E-state index in [1.807, 2.05) is 0 Å². The van der Waals surface area contributed by atoms with Crippen LogP contribution in [0.3, 0.4) is 0 Å². The summed E-state index contributed by atoms with van der Waals surface area (Å²) in [4.78, 5) is 31.8. The van der Waals surface area contributed by atoms with Crippen LogP contribution in [0.5, 0.6) is 0 Å². The largest absolute Gasteiger partial charge is 0.397 e. The molecule has 0 unspecified atom stereocenters. The van der Waals surface area contributed by atoms with E-state index in [1.54, 1.807) is 24.3 Å². The average molecular weight is 405 g/mol. The number of carbonyl (C=O) groups excluding carboxylic acids is 2. The highest BCUT2D eigenvalue weighted by atomic mass is 19.4. The van der Waals surface area contributed by atoms with E-state index < -0.39 is 30.6 Å². The maximum atomic E-state index is 13.0. The molecule has 9 heteroatoms. The number of alkyl halides is 3. The van der Waals surface area contributed by atoms with Gasteiger partial charge in [-0.15, -0.1) is 0 Å². The van der Waals surface area contributed by atoms with E-state index in [0.717, 1.165) is 4.90 Å². The number of aliphatic hydroxyl groups is 1. The Hall–Kier alpha value is -2.94. The number of hydrogen-bond acceptors (Lipinski definition) is 4. The summed E-state index contributed by atoms with van der Waals surface area (Å²) in [6.07, 6.45) is -3.26. The summed E-state index contributed by atoms with van der Waals surface area (Å²) >= 11 is 0. The van der Waals surface area contributed by atoms with Gasteiger partial charge in [-0.2, -0.15) is 13.2 Å². The molecule has 2 amide bonds. The van der Waals surface area contributed by atoms with Crippen LogP contribution >= 0.6 is 0 Å². The maximum Gasteiger partial charge on any atom is 0.397 e. The maximum absolute atomic E-state index is 13.0. The predicted molar refractivity (Wildman–Crippen MR) is 97.3 cm³/mol. The molecule has 1 aromatic heterocycles. The van der Waals surface area contributed by atoms with Gasteiger partial charge in [0.1, 0.15) is 6.42 Å². The van der Waals surface area contributed by atoms with E-state index >= 15 is 0 Å². The second-order valence-electron chi connectivity index (χ2n) is 7.15. The number of halogens is 3. The zero-order chi connectivity index (χ0) is 20.8. The first kappa shape index (κ1) is 19.4. The van der Waals surface area contributed by atoms with Crippen molar-refractivity contribution in [3.63, 3.8) is 0 Å². The Bertz CT molecular complexity index is 935. The molecule has 3 heterocycles. The fourth-order valence-electron chi connectivity index (χ4n) is 4.31. The number of nitrogens with zero attached hydrogens (tertiary/aromatic N) is 3. The van der Waals surface area contributed by atoms with Crippen molar-refractivity contribution in [1.82, 2.24) is 9.88 Å². The van der Waals surface area contributed by atoms with Gasteiger partial charge < -0.3 is 14.9 Å². The van der Waals surface area contributed by atoms with Crippen LogP contribution in [0.25, 0.3) is 0 Å². The number of para-hydroxylation sites is 1. The Morgan fingerprint density at radius 2 is 1.83 bits per heavy atom. The summed E-state index contributed by atoms with van der Waals surface area (Å²) in [5.74, 6) is -1.67. The summed E-state index contributed by atoms with van der Waals surface area (Å²) in [5, 5.41) is 9.91. The lowest BCUT2D eigenvalue weighted by atomic mass is 9.71. The Morgan fingerprint density at radius 3 is 2.48 bits per heavy atom. The summed E-state index contributed by atoms with van der Waals surface area (Å²) in [5.41, 5.74) is 1.43. The molecule has 0 aliphatic carbocycles. The average Bonchev–Trinajstić information content (AvgIpc) is 2.67. The second kappa shape index (κ2) is 7.14. The Balaban J connectivity index is 1.69. The molecule has 6 nitrogen and oxygen atoms in total. The van der Waals surface area contributed by atoms with Crippen molar-refractivity contribution >= 4 is 17.5 Å². The van der Waals surface area contributed by atoms with Crippen molar-refractivity contribution in [3.05, 3.63) is 59.9 Å². The van der Waals surface area contributed by atoms with Crippen LogP contribution in [0.2, 0.25) is 0 Å². The molecule has 2 aliphatic rings. The molecule has 1 N–H and O–H groups in total. The van der Waals surface area contributed by atoms with Gasteiger partial charge >= 0.3 is 6.18 Å². The minimum absolute atomic E-state index is 0.0517. The van der Waals surface area contributed by atoms with Crippen molar-refractivity contribution in [3.8, 4) is 0 Å². The highest BCUT2D eigenvalue weighted by molar-refractivity contribution is 5.98. The molecule has 3 atom stereocenters. The minimum Gasteiger partial charge on any atom is -0.394 e. The van der Waals surface area contributed by atoms with Gasteiger partial charge in [0.15, 0.2) is 0 Å². The Kier molecular flexibility index (Phi) is 4.77. The van der Waals surface area contributed by atoms with Crippen molar-refractivity contribution in [2.24, 2.45) is 0 Å². The third-order valence-corrected chi connectivity index (χ3v) is 5.50. The quantitative estimate of drug-likeness (QED) is 0.851. The number of pyridine rings is 1. The van der Waals surface area contributed by atoms with Gasteiger partial charge in [0.25, 0.3) is 5.91 Å². The smallest absolute Gasteiger partial charge is 0.394 e. The van der Waals surface area contributed by atoms with Gasteiger partial charge in [-0.25, -0.2) is 0 Å². The van der Waals surface area contributed by atoms with Crippen LogP contribution in [0, 0.1) is 0 Å². The van der Waals surface area contributed by atoms with Gasteiger partial charge in [0.2, 0.25) is 5.91 Å². The summed E-state index contributed by atoms with van der Waals surface area (Å²) in [6, 6.07) is 8.76. The molecular formula is C20H18F3N3O3. The van der Waals surface area contributed by atoms with Crippen molar-refractivity contribution < 1.29 is 27.9 Å². The molecule has 0 radical (unpaired) electrons. The molecule has 2 aromatic rings. The van der Waals surface area contributed by atoms with E-state index in [1.165, 1.54) is 29.4 Å². The number of rotatable bonds is 3. The van der Waals surface area contributed by atoms with Crippen molar-refractivity contribution in [2.75, 3.05) is 18.1 Å². The number of aliphatic hydroxyl groups excluding tert-OH is 1.